The van der Waals surface area contributed by atoms with Gasteiger partial charge in [0.15, 0.2) is 0 Å². The normalized spacial score (nSPS) is 13.9. The van der Waals surface area contributed by atoms with E-state index in [2.05, 4.69) is 4.98 Å². The van der Waals surface area contributed by atoms with E-state index < -0.39 is 0 Å². The molecule has 3 aromatic rings. The highest BCUT2D eigenvalue weighted by molar-refractivity contribution is 7.17. The molecule has 0 spiro atoms. The van der Waals surface area contributed by atoms with Crippen molar-refractivity contribution >= 4 is 27.1 Å². The highest BCUT2D eigenvalue weighted by Gasteiger charge is 2.27. The van der Waals surface area contributed by atoms with Gasteiger partial charge in [-0.25, -0.2) is 0 Å². The number of aromatic nitrogens is 2. The molecule has 4 nitrogen and oxygen atoms in total. The summed E-state index contributed by atoms with van der Waals surface area (Å²) in [4.78, 5) is 17.6. The molecular formula is C17H14N2O2S. The number of allylic oxidation sites excluding steroid dienone is 1. The summed E-state index contributed by atoms with van der Waals surface area (Å²) in [7, 11) is 0. The number of thiophene rings is 1. The summed E-state index contributed by atoms with van der Waals surface area (Å²) >= 11 is 1.54. The number of rotatable bonds is 2. The first kappa shape index (κ1) is 13.3. The molecule has 0 atom stereocenters. The van der Waals surface area contributed by atoms with E-state index in [4.69, 9.17) is 0 Å². The predicted octanol–water partition coefficient (Wildman–Crippen LogP) is 3.35. The Morgan fingerprint density at radius 2 is 2.09 bits per heavy atom. The van der Waals surface area contributed by atoms with Gasteiger partial charge in [0.25, 0.3) is 5.56 Å². The van der Waals surface area contributed by atoms with E-state index in [1.54, 1.807) is 11.3 Å². The van der Waals surface area contributed by atoms with Gasteiger partial charge in [0.05, 0.1) is 17.5 Å². The van der Waals surface area contributed by atoms with E-state index in [1.165, 1.54) is 0 Å². The van der Waals surface area contributed by atoms with Gasteiger partial charge in [-0.2, -0.15) is 4.98 Å². The fourth-order valence-electron chi connectivity index (χ4n) is 2.97. The second kappa shape index (κ2) is 4.81. The Kier molecular flexibility index (Phi) is 2.90. The van der Waals surface area contributed by atoms with Crippen LogP contribution in [-0.2, 0) is 13.0 Å². The van der Waals surface area contributed by atoms with Gasteiger partial charge in [-0.15, -0.1) is 11.3 Å². The minimum atomic E-state index is -0.206. The van der Waals surface area contributed by atoms with Crippen molar-refractivity contribution in [2.75, 3.05) is 0 Å². The first-order valence-electron chi connectivity index (χ1n) is 7.19. The number of aryl methyl sites for hydroxylation is 1. The second-order valence-corrected chi connectivity index (χ2v) is 6.17. The van der Waals surface area contributed by atoms with E-state index in [9.17, 15) is 9.90 Å². The molecule has 0 bridgehead atoms. The molecule has 1 aliphatic heterocycles. The highest BCUT2D eigenvalue weighted by Crippen LogP contribution is 2.34. The summed E-state index contributed by atoms with van der Waals surface area (Å²) in [6.45, 7) is 2.40. The highest BCUT2D eigenvalue weighted by atomic mass is 32.1. The van der Waals surface area contributed by atoms with Crippen molar-refractivity contribution in [1.29, 1.82) is 0 Å². The zero-order valence-electron chi connectivity index (χ0n) is 12.0. The Hall–Kier alpha value is -2.40. The second-order valence-electron chi connectivity index (χ2n) is 5.31. The molecule has 0 unspecified atom stereocenters. The van der Waals surface area contributed by atoms with E-state index in [-0.39, 0.29) is 11.3 Å². The predicted molar refractivity (Wildman–Crippen MR) is 88.4 cm³/mol. The van der Waals surface area contributed by atoms with Crippen molar-refractivity contribution < 1.29 is 5.11 Å². The molecule has 22 heavy (non-hydrogen) atoms. The van der Waals surface area contributed by atoms with E-state index in [0.717, 1.165) is 22.4 Å². The van der Waals surface area contributed by atoms with Gasteiger partial charge >= 0.3 is 0 Å². The van der Waals surface area contributed by atoms with Crippen LogP contribution in [0.25, 0.3) is 15.8 Å². The third-order valence-corrected chi connectivity index (χ3v) is 5.08. The first-order valence-corrected chi connectivity index (χ1v) is 8.07. The summed E-state index contributed by atoms with van der Waals surface area (Å²) in [5.74, 6) is 0.822. The molecule has 0 radical (unpaired) electrons. The molecule has 110 valence electrons. The Morgan fingerprint density at radius 3 is 2.82 bits per heavy atom. The van der Waals surface area contributed by atoms with Gasteiger partial charge in [0, 0.05) is 0 Å². The number of hydrogen-bond donors (Lipinski definition) is 1. The topological polar surface area (TPSA) is 55.1 Å². The molecule has 0 amide bonds. The van der Waals surface area contributed by atoms with Crippen molar-refractivity contribution in [3.05, 3.63) is 68.8 Å². The summed E-state index contributed by atoms with van der Waals surface area (Å²) < 4.78 is 1.94. The summed E-state index contributed by atoms with van der Waals surface area (Å²) in [5, 5.41) is 13.1. The van der Waals surface area contributed by atoms with Crippen LogP contribution in [0.2, 0.25) is 0 Å². The third kappa shape index (κ3) is 1.75. The van der Waals surface area contributed by atoms with E-state index in [1.807, 2.05) is 47.2 Å². The summed E-state index contributed by atoms with van der Waals surface area (Å²) in [6.07, 6.45) is 0.807. The number of nitrogens with zero attached hydrogens (tertiary/aromatic N) is 2. The lowest BCUT2D eigenvalue weighted by Gasteiger charge is -2.07. The first-order chi connectivity index (χ1) is 10.7. The molecule has 3 heterocycles. The molecule has 4 rings (SSSR count). The number of aliphatic hydroxyl groups is 1. The quantitative estimate of drug-likeness (QED) is 0.789. The van der Waals surface area contributed by atoms with Crippen LogP contribution in [0, 0.1) is 0 Å². The van der Waals surface area contributed by atoms with Gasteiger partial charge in [0.1, 0.15) is 16.4 Å². The molecule has 0 fully saturated rings. The maximum Gasteiger partial charge on any atom is 0.282 e. The van der Waals surface area contributed by atoms with Crippen LogP contribution >= 0.6 is 11.3 Å². The third-order valence-electron chi connectivity index (χ3n) is 4.03. The largest absolute Gasteiger partial charge is 0.510 e. The molecule has 1 aliphatic rings. The fourth-order valence-corrected chi connectivity index (χ4v) is 4.13. The zero-order valence-corrected chi connectivity index (χ0v) is 12.9. The average molecular weight is 310 g/mol. The Balaban J connectivity index is 2.02. The molecule has 1 N–H and O–H groups in total. The standard InChI is InChI=1S/C17H14N2O2S/c1-2-10-9-22-17-14(10)16(21)18-15-13(12(20)8-19(15)17)11-6-4-3-5-7-11/h3-7,9,20H,2,8H2,1H3. The lowest BCUT2D eigenvalue weighted by atomic mass is 10.1. The smallest absolute Gasteiger partial charge is 0.282 e. The molecule has 0 aliphatic carbocycles. The Bertz CT molecular complexity index is 967. The minimum absolute atomic E-state index is 0.206. The molecule has 1 aromatic carbocycles. The maximum absolute atomic E-state index is 12.4. The number of aliphatic hydroxyl groups excluding tert-OH is 1. The maximum atomic E-state index is 12.4. The number of hydrogen-bond acceptors (Lipinski definition) is 4. The van der Waals surface area contributed by atoms with E-state index >= 15 is 0 Å². The Morgan fingerprint density at radius 1 is 1.32 bits per heavy atom. The monoisotopic (exact) mass is 310 g/mol. The zero-order chi connectivity index (χ0) is 15.3. The fraction of sp³-hybridized carbons (Fsp3) is 0.176. The van der Waals surface area contributed by atoms with Crippen LogP contribution in [0.3, 0.4) is 0 Å². The van der Waals surface area contributed by atoms with Crippen molar-refractivity contribution in [2.24, 2.45) is 0 Å². The lowest BCUT2D eigenvalue weighted by Crippen LogP contribution is -2.15. The SMILES string of the molecule is CCc1csc2c1c(=O)nc1n2CC(O)=C1c1ccccc1. The van der Waals surface area contributed by atoms with Crippen LogP contribution < -0.4 is 5.56 Å². The van der Waals surface area contributed by atoms with Gasteiger partial charge in [-0.3, -0.25) is 4.79 Å². The van der Waals surface area contributed by atoms with Crippen LogP contribution in [0.5, 0.6) is 0 Å². The van der Waals surface area contributed by atoms with Crippen LogP contribution in [0.15, 0.2) is 46.3 Å². The van der Waals surface area contributed by atoms with Crippen molar-refractivity contribution in [2.45, 2.75) is 19.9 Å². The van der Waals surface area contributed by atoms with Crippen LogP contribution in [0.1, 0.15) is 23.9 Å². The van der Waals surface area contributed by atoms with Gasteiger partial charge in [-0.1, -0.05) is 37.3 Å². The van der Waals surface area contributed by atoms with Crippen LogP contribution in [-0.4, -0.2) is 14.7 Å². The molecule has 2 aromatic heterocycles. The summed E-state index contributed by atoms with van der Waals surface area (Å²) in [6, 6.07) is 9.59. The average Bonchev–Trinajstić information content (AvgIpc) is 3.09. The summed E-state index contributed by atoms with van der Waals surface area (Å²) in [5.41, 5.74) is 2.36. The van der Waals surface area contributed by atoms with E-state index in [0.29, 0.717) is 23.3 Å². The van der Waals surface area contributed by atoms with Gasteiger partial charge < -0.3 is 9.67 Å². The lowest BCUT2D eigenvalue weighted by molar-refractivity contribution is 0.389. The molecular weight excluding hydrogens is 296 g/mol. The molecule has 0 saturated carbocycles. The van der Waals surface area contributed by atoms with Crippen LogP contribution in [0.4, 0.5) is 0 Å². The molecule has 5 heteroatoms. The number of benzene rings is 1. The van der Waals surface area contributed by atoms with Gasteiger partial charge in [0.2, 0.25) is 0 Å². The van der Waals surface area contributed by atoms with Crippen molar-refractivity contribution in [1.82, 2.24) is 9.55 Å². The number of fused-ring (bicyclic) bond motifs is 3. The van der Waals surface area contributed by atoms with Crippen molar-refractivity contribution in [3.63, 3.8) is 0 Å². The molecule has 0 saturated heterocycles. The van der Waals surface area contributed by atoms with Gasteiger partial charge in [-0.05, 0) is 22.9 Å². The van der Waals surface area contributed by atoms with Crippen molar-refractivity contribution in [3.8, 4) is 0 Å². The minimum Gasteiger partial charge on any atom is -0.510 e. The Labute approximate surface area is 131 Å².